The van der Waals surface area contributed by atoms with Gasteiger partial charge in [-0.3, -0.25) is 15.0 Å². The fraction of sp³-hybridized carbons (Fsp3) is 0.348. The fourth-order valence-electron chi connectivity index (χ4n) is 3.91. The van der Waals surface area contributed by atoms with E-state index < -0.39 is 23.4 Å². The number of carbonyl (C=O) groups excluding carboxylic acids is 3. The molecular weight excluding hydrogens is 380 g/mol. The van der Waals surface area contributed by atoms with Gasteiger partial charge in [0.1, 0.15) is 11.6 Å². The van der Waals surface area contributed by atoms with Crippen molar-refractivity contribution in [3.05, 3.63) is 71.8 Å². The summed E-state index contributed by atoms with van der Waals surface area (Å²) in [4.78, 5) is 38.2. The van der Waals surface area contributed by atoms with Crippen LogP contribution >= 0.6 is 0 Å². The monoisotopic (exact) mass is 409 g/mol. The molecule has 1 saturated heterocycles. The molecule has 1 fully saturated rings. The summed E-state index contributed by atoms with van der Waals surface area (Å²) in [5, 5.41) is 5.49. The zero-order valence-electron chi connectivity index (χ0n) is 17.6. The SMILES string of the molecule is CC[C@]1(c2ccccc2)NC(=O)N(NC(=O)C[NH2+][C@H](c2ccccc2)C(C)C)C1=O. The third-order valence-electron chi connectivity index (χ3n) is 5.58. The van der Waals surface area contributed by atoms with E-state index in [0.29, 0.717) is 17.9 Å². The first kappa shape index (κ1) is 21.5. The van der Waals surface area contributed by atoms with Crippen LogP contribution in [0.5, 0.6) is 0 Å². The largest absolute Gasteiger partial charge is 0.344 e. The summed E-state index contributed by atoms with van der Waals surface area (Å²) in [6.45, 7) is 6.12. The van der Waals surface area contributed by atoms with Crippen LogP contribution in [0.3, 0.4) is 0 Å². The average Bonchev–Trinajstić information content (AvgIpc) is 3.00. The Hall–Kier alpha value is -3.19. The predicted octanol–water partition coefficient (Wildman–Crippen LogP) is 1.84. The van der Waals surface area contributed by atoms with E-state index in [2.05, 4.69) is 24.6 Å². The van der Waals surface area contributed by atoms with Crippen molar-refractivity contribution >= 4 is 17.8 Å². The number of carbonyl (C=O) groups is 3. The van der Waals surface area contributed by atoms with E-state index >= 15 is 0 Å². The highest BCUT2D eigenvalue weighted by Gasteiger charge is 2.52. The molecule has 7 heteroatoms. The molecule has 1 aliphatic rings. The Labute approximate surface area is 176 Å². The van der Waals surface area contributed by atoms with E-state index in [1.807, 2.05) is 60.8 Å². The number of amides is 4. The number of nitrogens with two attached hydrogens (primary N) is 1. The highest BCUT2D eigenvalue weighted by Crippen LogP contribution is 2.31. The van der Waals surface area contributed by atoms with E-state index in [1.54, 1.807) is 12.1 Å². The molecule has 30 heavy (non-hydrogen) atoms. The highest BCUT2D eigenvalue weighted by molar-refractivity contribution is 6.08. The van der Waals surface area contributed by atoms with E-state index in [1.165, 1.54) is 0 Å². The third kappa shape index (κ3) is 4.21. The van der Waals surface area contributed by atoms with Gasteiger partial charge in [-0.1, -0.05) is 81.4 Å². The van der Waals surface area contributed by atoms with Crippen molar-refractivity contribution in [2.75, 3.05) is 6.54 Å². The second-order valence-electron chi connectivity index (χ2n) is 7.85. The summed E-state index contributed by atoms with van der Waals surface area (Å²) in [7, 11) is 0. The van der Waals surface area contributed by atoms with Crippen LogP contribution in [0.2, 0.25) is 0 Å². The van der Waals surface area contributed by atoms with Crippen molar-refractivity contribution in [2.45, 2.75) is 38.8 Å². The standard InChI is InChI=1S/C23H28N4O3/c1-4-23(18-13-9-6-10-14-18)21(29)27(22(30)25-23)26-19(28)15-24-20(16(2)3)17-11-7-5-8-12-17/h5-14,16,20,24H,4,15H2,1-3H3,(H,25,30)(H,26,28)/p+1/t20-,23+/m0/s1. The quantitative estimate of drug-likeness (QED) is 0.581. The van der Waals surface area contributed by atoms with Crippen molar-refractivity contribution < 1.29 is 19.7 Å². The summed E-state index contributed by atoms with van der Waals surface area (Å²) >= 11 is 0. The smallest absolute Gasteiger partial charge is 0.332 e. The second-order valence-corrected chi connectivity index (χ2v) is 7.85. The second kappa shape index (κ2) is 9.09. The maximum atomic E-state index is 13.1. The van der Waals surface area contributed by atoms with Gasteiger partial charge in [-0.2, -0.15) is 5.01 Å². The maximum absolute atomic E-state index is 13.1. The molecule has 0 spiro atoms. The lowest BCUT2D eigenvalue weighted by Crippen LogP contribution is -2.88. The summed E-state index contributed by atoms with van der Waals surface area (Å²) in [5.41, 5.74) is 3.14. The van der Waals surface area contributed by atoms with Crippen LogP contribution in [0.15, 0.2) is 60.7 Å². The van der Waals surface area contributed by atoms with Gasteiger partial charge in [-0.05, 0) is 12.0 Å². The number of hydrogen-bond donors (Lipinski definition) is 3. The number of benzene rings is 2. The molecule has 3 rings (SSSR count). The molecule has 0 unspecified atom stereocenters. The Morgan fingerprint density at radius 1 is 1.07 bits per heavy atom. The molecule has 1 heterocycles. The lowest BCUT2D eigenvalue weighted by Gasteiger charge is -2.25. The van der Waals surface area contributed by atoms with Crippen LogP contribution in [-0.2, 0) is 15.1 Å². The summed E-state index contributed by atoms with van der Waals surface area (Å²) in [6.07, 6.45) is 0.378. The van der Waals surface area contributed by atoms with Gasteiger partial charge in [0.05, 0.1) is 0 Å². The molecule has 4 amide bonds. The van der Waals surface area contributed by atoms with Gasteiger partial charge in [-0.25, -0.2) is 4.79 Å². The molecule has 2 aromatic rings. The number of quaternary nitrogens is 1. The molecule has 0 aromatic heterocycles. The van der Waals surface area contributed by atoms with Gasteiger partial charge in [0, 0.05) is 11.5 Å². The van der Waals surface area contributed by atoms with Gasteiger partial charge < -0.3 is 10.6 Å². The van der Waals surface area contributed by atoms with Crippen LogP contribution in [-0.4, -0.2) is 29.4 Å². The van der Waals surface area contributed by atoms with Gasteiger partial charge in [0.25, 0.3) is 11.8 Å². The molecule has 7 nitrogen and oxygen atoms in total. The van der Waals surface area contributed by atoms with E-state index in [-0.39, 0.29) is 12.6 Å². The molecular formula is C23H29N4O3+. The first-order valence-electron chi connectivity index (χ1n) is 10.3. The summed E-state index contributed by atoms with van der Waals surface area (Å²) < 4.78 is 0. The van der Waals surface area contributed by atoms with Gasteiger partial charge in [-0.15, -0.1) is 0 Å². The summed E-state index contributed by atoms with van der Waals surface area (Å²) in [6, 6.07) is 18.5. The van der Waals surface area contributed by atoms with Crippen LogP contribution in [0.4, 0.5) is 4.79 Å². The van der Waals surface area contributed by atoms with Crippen molar-refractivity contribution in [1.29, 1.82) is 0 Å². The summed E-state index contributed by atoms with van der Waals surface area (Å²) in [5.74, 6) is -0.569. The fourth-order valence-corrected chi connectivity index (χ4v) is 3.91. The first-order valence-corrected chi connectivity index (χ1v) is 10.3. The number of nitrogens with zero attached hydrogens (tertiary/aromatic N) is 1. The van der Waals surface area contributed by atoms with Crippen molar-refractivity contribution in [3.63, 3.8) is 0 Å². The van der Waals surface area contributed by atoms with Crippen LogP contribution in [0.25, 0.3) is 0 Å². The number of hydrogen-bond acceptors (Lipinski definition) is 3. The minimum absolute atomic E-state index is 0.0964. The average molecular weight is 410 g/mol. The molecule has 158 valence electrons. The number of nitrogens with one attached hydrogen (secondary N) is 2. The lowest BCUT2D eigenvalue weighted by molar-refractivity contribution is -0.692. The van der Waals surface area contributed by atoms with Gasteiger partial charge in [0.2, 0.25) is 0 Å². The van der Waals surface area contributed by atoms with Crippen molar-refractivity contribution in [3.8, 4) is 0 Å². The highest BCUT2D eigenvalue weighted by atomic mass is 16.2. The number of rotatable bonds is 8. The van der Waals surface area contributed by atoms with Crippen LogP contribution in [0, 0.1) is 5.92 Å². The van der Waals surface area contributed by atoms with E-state index in [9.17, 15) is 14.4 Å². The molecule has 0 radical (unpaired) electrons. The van der Waals surface area contributed by atoms with Gasteiger partial charge >= 0.3 is 6.03 Å². The van der Waals surface area contributed by atoms with Crippen molar-refractivity contribution in [1.82, 2.24) is 15.8 Å². The third-order valence-corrected chi connectivity index (χ3v) is 5.58. The lowest BCUT2D eigenvalue weighted by atomic mass is 9.87. The zero-order chi connectivity index (χ0) is 21.7. The topological polar surface area (TPSA) is 95.1 Å². The van der Waals surface area contributed by atoms with E-state index in [0.717, 1.165) is 10.6 Å². The Morgan fingerprint density at radius 3 is 2.23 bits per heavy atom. The number of urea groups is 1. The van der Waals surface area contributed by atoms with Crippen LogP contribution < -0.4 is 16.1 Å². The Balaban J connectivity index is 1.68. The van der Waals surface area contributed by atoms with Gasteiger partial charge in [0.15, 0.2) is 6.54 Å². The van der Waals surface area contributed by atoms with E-state index in [4.69, 9.17) is 0 Å². The van der Waals surface area contributed by atoms with Crippen molar-refractivity contribution in [2.24, 2.45) is 5.92 Å². The Morgan fingerprint density at radius 2 is 1.67 bits per heavy atom. The molecule has 2 aromatic carbocycles. The Bertz CT molecular complexity index is 901. The minimum atomic E-state index is -1.17. The molecule has 0 bridgehead atoms. The number of imide groups is 1. The van der Waals surface area contributed by atoms with Crippen LogP contribution in [0.1, 0.15) is 44.4 Å². The number of hydrazine groups is 1. The predicted molar refractivity (Wildman–Crippen MR) is 113 cm³/mol. The Kier molecular flexibility index (Phi) is 6.52. The minimum Gasteiger partial charge on any atom is -0.332 e. The first-order chi connectivity index (χ1) is 14.4. The molecule has 4 N–H and O–H groups in total. The molecule has 2 atom stereocenters. The molecule has 0 aliphatic carbocycles. The zero-order valence-corrected chi connectivity index (χ0v) is 17.6. The maximum Gasteiger partial charge on any atom is 0.344 e. The molecule has 1 aliphatic heterocycles. The normalized spacial score (nSPS) is 19.7. The molecule has 0 saturated carbocycles.